The molecular weight excluding hydrogens is 600 g/mol. The molecular formula is C35H46N6O4S. The van der Waals surface area contributed by atoms with Gasteiger partial charge in [0.05, 0.1) is 11.3 Å². The van der Waals surface area contributed by atoms with Crippen LogP contribution in [0.25, 0.3) is 16.2 Å². The van der Waals surface area contributed by atoms with Crippen molar-refractivity contribution >= 4 is 23.0 Å². The molecule has 3 aromatic heterocycles. The lowest BCUT2D eigenvalue weighted by Crippen LogP contribution is -2.35. The van der Waals surface area contributed by atoms with Gasteiger partial charge in [-0.1, -0.05) is 51.5 Å². The second kappa shape index (κ2) is 13.0. The molecule has 0 amide bonds. The summed E-state index contributed by atoms with van der Waals surface area (Å²) in [5.74, 6) is -0.161. The summed E-state index contributed by atoms with van der Waals surface area (Å²) in [4.78, 5) is 31.1. The Morgan fingerprint density at radius 3 is 2.54 bits per heavy atom. The predicted molar refractivity (Wildman–Crippen MR) is 181 cm³/mol. The molecule has 0 radical (unpaired) electrons. The molecule has 6 rings (SSSR count). The van der Waals surface area contributed by atoms with Gasteiger partial charge in [-0.25, -0.2) is 19.8 Å². The van der Waals surface area contributed by atoms with Crippen LogP contribution in [0.5, 0.6) is 0 Å². The van der Waals surface area contributed by atoms with Gasteiger partial charge in [-0.15, -0.1) is 11.3 Å². The van der Waals surface area contributed by atoms with Crippen LogP contribution in [0.2, 0.25) is 0 Å². The molecule has 0 spiro atoms. The van der Waals surface area contributed by atoms with Crippen molar-refractivity contribution in [2.45, 2.75) is 110 Å². The first-order chi connectivity index (χ1) is 22.0. The van der Waals surface area contributed by atoms with Gasteiger partial charge in [0.25, 0.3) is 11.5 Å². The van der Waals surface area contributed by atoms with Crippen LogP contribution >= 0.6 is 11.3 Å². The van der Waals surface area contributed by atoms with E-state index in [2.05, 4.69) is 39.6 Å². The van der Waals surface area contributed by atoms with Crippen molar-refractivity contribution in [3.63, 3.8) is 0 Å². The van der Waals surface area contributed by atoms with E-state index < -0.39 is 11.5 Å². The van der Waals surface area contributed by atoms with Gasteiger partial charge in [0.15, 0.2) is 5.84 Å². The third-order valence-electron chi connectivity index (χ3n) is 9.44. The summed E-state index contributed by atoms with van der Waals surface area (Å²) in [5, 5.41) is 25.6. The Morgan fingerprint density at radius 1 is 1.13 bits per heavy atom. The third kappa shape index (κ3) is 6.56. The van der Waals surface area contributed by atoms with Gasteiger partial charge in [0.1, 0.15) is 6.33 Å². The first kappa shape index (κ1) is 32.6. The van der Waals surface area contributed by atoms with Gasteiger partial charge < -0.3 is 10.2 Å². The number of aliphatic imine (C=N–C) groups is 1. The SMILES string of the molecule is CCCc1c(Cc2ccc(-c3ccccc3C3=NC(O)(C(C)C)ON3)s2)c(=O)n(C2CCC(CCC(C)(C)O)CC2)c2ncnn12. The maximum Gasteiger partial charge on any atom is 0.293 e. The summed E-state index contributed by atoms with van der Waals surface area (Å²) in [6.45, 7) is 9.58. The molecule has 1 aliphatic heterocycles. The molecule has 1 fully saturated rings. The number of nitrogens with zero attached hydrogens (tertiary/aromatic N) is 5. The molecule has 246 valence electrons. The largest absolute Gasteiger partial charge is 0.390 e. The van der Waals surface area contributed by atoms with Crippen LogP contribution in [0.4, 0.5) is 0 Å². The van der Waals surface area contributed by atoms with E-state index >= 15 is 0 Å². The second-order valence-corrected chi connectivity index (χ2v) is 15.0. The van der Waals surface area contributed by atoms with Crippen LogP contribution < -0.4 is 11.0 Å². The van der Waals surface area contributed by atoms with Crippen LogP contribution in [-0.4, -0.2) is 46.7 Å². The van der Waals surface area contributed by atoms with Gasteiger partial charge in [0, 0.05) is 44.8 Å². The predicted octanol–water partition coefficient (Wildman–Crippen LogP) is 6.03. The number of aromatic nitrogens is 4. The first-order valence-electron chi connectivity index (χ1n) is 16.6. The molecule has 11 heteroatoms. The highest BCUT2D eigenvalue weighted by molar-refractivity contribution is 7.15. The fraction of sp³-hybridized carbons (Fsp3) is 0.543. The molecule has 3 N–H and O–H groups in total. The number of hydroxylamine groups is 1. The summed E-state index contributed by atoms with van der Waals surface area (Å²) in [5.41, 5.74) is 5.74. The Hall–Kier alpha value is -3.38. The van der Waals surface area contributed by atoms with E-state index in [1.807, 2.05) is 61.0 Å². The number of hydrogen-bond acceptors (Lipinski definition) is 9. The van der Waals surface area contributed by atoms with Gasteiger partial charge in [-0.05, 0) is 76.8 Å². The molecule has 1 aromatic carbocycles. The lowest BCUT2D eigenvalue weighted by molar-refractivity contribution is -0.230. The summed E-state index contributed by atoms with van der Waals surface area (Å²) < 4.78 is 3.81. The Balaban J connectivity index is 1.31. The molecule has 10 nitrogen and oxygen atoms in total. The number of rotatable bonds is 11. The highest BCUT2D eigenvalue weighted by atomic mass is 32.1. The van der Waals surface area contributed by atoms with Crippen molar-refractivity contribution < 1.29 is 15.1 Å². The second-order valence-electron chi connectivity index (χ2n) is 13.8. The lowest BCUT2D eigenvalue weighted by atomic mass is 9.81. The number of thiophene rings is 1. The maximum atomic E-state index is 14.4. The van der Waals surface area contributed by atoms with Gasteiger partial charge in [-0.2, -0.15) is 10.1 Å². The van der Waals surface area contributed by atoms with Crippen molar-refractivity contribution in [2.24, 2.45) is 16.8 Å². The number of aliphatic hydroxyl groups is 2. The summed E-state index contributed by atoms with van der Waals surface area (Å²) in [6, 6.07) is 12.2. The van der Waals surface area contributed by atoms with Gasteiger partial charge in [0.2, 0.25) is 5.78 Å². The van der Waals surface area contributed by atoms with Crippen LogP contribution in [-0.2, 0) is 17.7 Å². The molecule has 1 saturated carbocycles. The van der Waals surface area contributed by atoms with Crippen LogP contribution in [0.15, 0.2) is 52.5 Å². The van der Waals surface area contributed by atoms with Crippen LogP contribution in [0, 0.1) is 11.8 Å². The van der Waals surface area contributed by atoms with Gasteiger partial charge >= 0.3 is 0 Å². The number of amidine groups is 1. The number of hydrogen-bond donors (Lipinski definition) is 3. The highest BCUT2D eigenvalue weighted by Gasteiger charge is 2.39. The van der Waals surface area contributed by atoms with Crippen molar-refractivity contribution in [1.82, 2.24) is 24.6 Å². The van der Waals surface area contributed by atoms with Crippen molar-refractivity contribution in [3.8, 4) is 10.4 Å². The molecule has 1 atom stereocenters. The summed E-state index contributed by atoms with van der Waals surface area (Å²) in [7, 11) is 0. The smallest absolute Gasteiger partial charge is 0.293 e. The zero-order chi connectivity index (χ0) is 32.6. The molecule has 0 saturated heterocycles. The van der Waals surface area contributed by atoms with E-state index in [0.717, 1.165) is 83.5 Å². The monoisotopic (exact) mass is 646 g/mol. The maximum absolute atomic E-state index is 14.4. The molecule has 4 heterocycles. The normalized spacial score (nSPS) is 22.0. The average molecular weight is 647 g/mol. The minimum atomic E-state index is -1.62. The minimum absolute atomic E-state index is 0.0360. The zero-order valence-corrected chi connectivity index (χ0v) is 28.3. The lowest BCUT2D eigenvalue weighted by Gasteiger charge is -2.31. The highest BCUT2D eigenvalue weighted by Crippen LogP contribution is 2.37. The fourth-order valence-corrected chi connectivity index (χ4v) is 7.77. The summed E-state index contributed by atoms with van der Waals surface area (Å²) in [6.07, 6.45) is 9.39. The molecule has 2 aliphatic rings. The number of nitrogens with one attached hydrogen (secondary N) is 1. The zero-order valence-electron chi connectivity index (χ0n) is 27.5. The van der Waals surface area contributed by atoms with E-state index in [9.17, 15) is 15.0 Å². The van der Waals surface area contributed by atoms with E-state index in [4.69, 9.17) is 4.84 Å². The van der Waals surface area contributed by atoms with Crippen LogP contribution in [0.1, 0.15) is 107 Å². The molecule has 4 aromatic rings. The third-order valence-corrected chi connectivity index (χ3v) is 10.6. The van der Waals surface area contributed by atoms with E-state index in [1.165, 1.54) is 0 Å². The topological polar surface area (TPSA) is 126 Å². The Morgan fingerprint density at radius 2 is 1.87 bits per heavy atom. The number of fused-ring (bicyclic) bond motifs is 1. The Labute approximate surface area is 274 Å². The molecule has 1 aliphatic carbocycles. The Kier molecular flexibility index (Phi) is 9.22. The molecule has 1 unspecified atom stereocenters. The van der Waals surface area contributed by atoms with Crippen molar-refractivity contribution in [3.05, 3.63) is 74.8 Å². The molecule has 46 heavy (non-hydrogen) atoms. The van der Waals surface area contributed by atoms with E-state index in [1.54, 1.807) is 17.7 Å². The first-order valence-corrected chi connectivity index (χ1v) is 17.4. The number of benzene rings is 1. The van der Waals surface area contributed by atoms with Crippen molar-refractivity contribution in [1.29, 1.82) is 0 Å². The van der Waals surface area contributed by atoms with E-state index in [0.29, 0.717) is 24.0 Å². The van der Waals surface area contributed by atoms with Gasteiger partial charge in [-0.3, -0.25) is 9.36 Å². The van der Waals surface area contributed by atoms with E-state index in [-0.39, 0.29) is 17.5 Å². The quantitative estimate of drug-likeness (QED) is 0.182. The summed E-state index contributed by atoms with van der Waals surface area (Å²) >= 11 is 1.65. The fourth-order valence-electron chi connectivity index (χ4n) is 6.71. The number of aryl methyl sites for hydroxylation is 1. The molecule has 0 bridgehead atoms. The Bertz CT molecular complexity index is 1780. The standard InChI is InChI=1S/C35H46N6O4S/c1-6-9-29-28(32(42)40(33-36-21-37-41(29)33)24-14-12-23(13-15-24)18-19-34(4,5)43)20-25-16-17-30(46-25)26-10-7-8-11-27(26)31-38-35(44,22(2)3)45-39-31/h7-8,10-11,16-17,21-24,43-44H,6,9,12-15,18-20H2,1-5H3,(H,38,39). The van der Waals surface area contributed by atoms with Crippen molar-refractivity contribution in [2.75, 3.05) is 0 Å². The average Bonchev–Trinajstić information content (AvgIpc) is 3.79. The van der Waals surface area contributed by atoms with Crippen LogP contribution in [0.3, 0.4) is 0 Å². The minimum Gasteiger partial charge on any atom is -0.390 e.